The van der Waals surface area contributed by atoms with Gasteiger partial charge in [-0.3, -0.25) is 4.68 Å². The summed E-state index contributed by atoms with van der Waals surface area (Å²) in [5.41, 5.74) is 0. The number of aliphatic hydroxyl groups excluding tert-OH is 1. The minimum absolute atomic E-state index is 0.00106. The zero-order valence-electron chi connectivity index (χ0n) is 12.0. The molecular formula is C13H25N3O3. The van der Waals surface area contributed by atoms with Gasteiger partial charge in [-0.25, -0.2) is 0 Å². The topological polar surface area (TPSA) is 68.5 Å². The molecule has 1 aromatic heterocycles. The Kier molecular flexibility index (Phi) is 7.66. The Hall–Kier alpha value is -0.950. The third-order valence-corrected chi connectivity index (χ3v) is 2.70. The monoisotopic (exact) mass is 271 g/mol. The number of aromatic nitrogens is 2. The van der Waals surface area contributed by atoms with E-state index in [2.05, 4.69) is 17.3 Å². The molecule has 0 amide bonds. The maximum atomic E-state index is 9.79. The molecule has 0 spiro atoms. The predicted molar refractivity (Wildman–Crippen MR) is 73.0 cm³/mol. The highest BCUT2D eigenvalue weighted by Gasteiger charge is 2.10. The molecule has 1 rings (SSSR count). The number of methoxy groups -OCH3 is 1. The molecule has 0 bridgehead atoms. The Bertz CT molecular complexity index is 319. The number of aliphatic hydroxyl groups is 1. The van der Waals surface area contributed by atoms with Gasteiger partial charge in [0.1, 0.15) is 0 Å². The molecule has 3 unspecified atom stereocenters. The van der Waals surface area contributed by atoms with Gasteiger partial charge in [0.25, 0.3) is 0 Å². The van der Waals surface area contributed by atoms with Crippen molar-refractivity contribution in [3.63, 3.8) is 0 Å². The van der Waals surface area contributed by atoms with Crippen molar-refractivity contribution in [2.24, 2.45) is 0 Å². The Balaban J connectivity index is 2.10. The molecule has 0 radical (unpaired) electrons. The van der Waals surface area contributed by atoms with Crippen molar-refractivity contribution in [1.29, 1.82) is 0 Å². The van der Waals surface area contributed by atoms with Crippen molar-refractivity contribution < 1.29 is 14.6 Å². The van der Waals surface area contributed by atoms with Gasteiger partial charge in [-0.1, -0.05) is 0 Å². The minimum Gasteiger partial charge on any atom is -0.389 e. The van der Waals surface area contributed by atoms with E-state index in [4.69, 9.17) is 9.47 Å². The van der Waals surface area contributed by atoms with Crippen LogP contribution in [0.4, 0.5) is 0 Å². The molecular weight excluding hydrogens is 246 g/mol. The van der Waals surface area contributed by atoms with E-state index in [9.17, 15) is 5.11 Å². The lowest BCUT2D eigenvalue weighted by Crippen LogP contribution is -2.38. The van der Waals surface area contributed by atoms with Gasteiger partial charge < -0.3 is 19.9 Å². The Morgan fingerprint density at radius 2 is 2.16 bits per heavy atom. The second-order valence-corrected chi connectivity index (χ2v) is 4.79. The Morgan fingerprint density at radius 1 is 1.37 bits per heavy atom. The number of ether oxygens (including phenoxy) is 2. The van der Waals surface area contributed by atoms with Gasteiger partial charge in [-0.05, 0) is 19.9 Å². The molecule has 0 aliphatic rings. The highest BCUT2D eigenvalue weighted by Crippen LogP contribution is 1.95. The summed E-state index contributed by atoms with van der Waals surface area (Å²) in [5.74, 6) is 0. The molecule has 1 aromatic rings. The van der Waals surface area contributed by atoms with Crippen molar-refractivity contribution in [1.82, 2.24) is 15.1 Å². The van der Waals surface area contributed by atoms with Crippen LogP contribution in [0.5, 0.6) is 0 Å². The van der Waals surface area contributed by atoms with Gasteiger partial charge >= 0.3 is 0 Å². The second-order valence-electron chi connectivity index (χ2n) is 4.79. The molecule has 0 saturated carbocycles. The summed E-state index contributed by atoms with van der Waals surface area (Å²) in [7, 11) is 1.63. The lowest BCUT2D eigenvalue weighted by Gasteiger charge is -2.19. The fraction of sp³-hybridized carbons (Fsp3) is 0.769. The van der Waals surface area contributed by atoms with E-state index in [1.165, 1.54) is 0 Å². The van der Waals surface area contributed by atoms with E-state index >= 15 is 0 Å². The standard InChI is InChI=1S/C13H25N3O3/c1-11(8-16-6-4-5-15-16)14-7-13(17)10-19-12(2)9-18-3/h4-6,11-14,17H,7-10H2,1-3H3. The van der Waals surface area contributed by atoms with E-state index in [0.717, 1.165) is 6.54 Å². The number of nitrogens with zero attached hydrogens (tertiary/aromatic N) is 2. The number of hydrogen-bond donors (Lipinski definition) is 2. The minimum atomic E-state index is -0.514. The zero-order chi connectivity index (χ0) is 14.1. The van der Waals surface area contributed by atoms with Crippen LogP contribution in [0.2, 0.25) is 0 Å². The molecule has 0 aliphatic carbocycles. The first kappa shape index (κ1) is 16.1. The maximum absolute atomic E-state index is 9.79. The molecule has 110 valence electrons. The van der Waals surface area contributed by atoms with Gasteiger partial charge in [0.2, 0.25) is 0 Å². The van der Waals surface area contributed by atoms with Crippen molar-refractivity contribution >= 4 is 0 Å². The molecule has 0 aromatic carbocycles. The van der Waals surface area contributed by atoms with E-state index in [0.29, 0.717) is 19.8 Å². The SMILES string of the molecule is COCC(C)OCC(O)CNC(C)Cn1cccn1. The normalized spacial score (nSPS) is 16.2. The molecule has 0 fully saturated rings. The first-order valence-corrected chi connectivity index (χ1v) is 6.61. The predicted octanol–water partition coefficient (Wildman–Crippen LogP) is 0.274. The maximum Gasteiger partial charge on any atom is 0.0897 e. The van der Waals surface area contributed by atoms with Crippen molar-refractivity contribution in [3.8, 4) is 0 Å². The van der Waals surface area contributed by atoms with Crippen molar-refractivity contribution in [3.05, 3.63) is 18.5 Å². The fourth-order valence-corrected chi connectivity index (χ4v) is 1.71. The quantitative estimate of drug-likeness (QED) is 0.639. The smallest absolute Gasteiger partial charge is 0.0897 e. The number of nitrogens with one attached hydrogen (secondary N) is 1. The molecule has 3 atom stereocenters. The average Bonchev–Trinajstić information content (AvgIpc) is 2.87. The summed E-state index contributed by atoms with van der Waals surface area (Å²) >= 11 is 0. The Labute approximate surface area is 114 Å². The third-order valence-electron chi connectivity index (χ3n) is 2.70. The van der Waals surface area contributed by atoms with E-state index in [1.54, 1.807) is 13.3 Å². The molecule has 0 saturated heterocycles. The summed E-state index contributed by atoms with van der Waals surface area (Å²) in [5, 5.41) is 17.2. The second kappa shape index (κ2) is 9.03. The van der Waals surface area contributed by atoms with Gasteiger partial charge in [0.15, 0.2) is 0 Å². The van der Waals surface area contributed by atoms with Gasteiger partial charge in [0.05, 0.1) is 32.0 Å². The van der Waals surface area contributed by atoms with Crippen LogP contribution in [-0.4, -0.2) is 60.0 Å². The van der Waals surface area contributed by atoms with Crippen LogP contribution in [-0.2, 0) is 16.0 Å². The van der Waals surface area contributed by atoms with Gasteiger partial charge in [-0.15, -0.1) is 0 Å². The average molecular weight is 271 g/mol. The highest BCUT2D eigenvalue weighted by atomic mass is 16.5. The van der Waals surface area contributed by atoms with Crippen LogP contribution in [0.25, 0.3) is 0 Å². The van der Waals surface area contributed by atoms with Crippen LogP contribution >= 0.6 is 0 Å². The molecule has 2 N–H and O–H groups in total. The molecule has 6 heteroatoms. The van der Waals surface area contributed by atoms with E-state index in [-0.39, 0.29) is 12.1 Å². The van der Waals surface area contributed by atoms with Crippen LogP contribution in [0, 0.1) is 0 Å². The number of rotatable bonds is 10. The lowest BCUT2D eigenvalue weighted by atomic mass is 10.3. The highest BCUT2D eigenvalue weighted by molar-refractivity contribution is 4.79. The third kappa shape index (κ3) is 7.27. The summed E-state index contributed by atoms with van der Waals surface area (Å²) < 4.78 is 12.3. The largest absolute Gasteiger partial charge is 0.389 e. The first-order valence-electron chi connectivity index (χ1n) is 6.61. The van der Waals surface area contributed by atoms with Crippen LogP contribution < -0.4 is 5.32 Å². The summed E-state index contributed by atoms with van der Waals surface area (Å²) in [6, 6.07) is 2.14. The summed E-state index contributed by atoms with van der Waals surface area (Å²) in [4.78, 5) is 0. The Morgan fingerprint density at radius 3 is 2.79 bits per heavy atom. The summed E-state index contributed by atoms with van der Waals surface area (Å²) in [6.45, 7) is 6.11. The van der Waals surface area contributed by atoms with E-state index in [1.807, 2.05) is 23.9 Å². The van der Waals surface area contributed by atoms with Crippen LogP contribution in [0.3, 0.4) is 0 Å². The van der Waals surface area contributed by atoms with E-state index < -0.39 is 6.10 Å². The number of hydrogen-bond acceptors (Lipinski definition) is 5. The molecule has 19 heavy (non-hydrogen) atoms. The molecule has 1 heterocycles. The lowest BCUT2D eigenvalue weighted by molar-refractivity contribution is -0.0315. The van der Waals surface area contributed by atoms with Crippen molar-refractivity contribution in [2.75, 3.05) is 26.9 Å². The molecule has 0 aliphatic heterocycles. The van der Waals surface area contributed by atoms with Crippen molar-refractivity contribution in [2.45, 2.75) is 38.6 Å². The van der Waals surface area contributed by atoms with Gasteiger partial charge in [-0.2, -0.15) is 5.10 Å². The first-order chi connectivity index (χ1) is 9.11. The zero-order valence-corrected chi connectivity index (χ0v) is 12.0. The van der Waals surface area contributed by atoms with Gasteiger partial charge in [0, 0.05) is 32.1 Å². The van der Waals surface area contributed by atoms with Crippen LogP contribution in [0.1, 0.15) is 13.8 Å². The summed E-state index contributed by atoms with van der Waals surface area (Å²) in [6.07, 6.45) is 3.16. The molecule has 6 nitrogen and oxygen atoms in total. The van der Waals surface area contributed by atoms with Crippen LogP contribution in [0.15, 0.2) is 18.5 Å². The fourth-order valence-electron chi connectivity index (χ4n) is 1.71.